The van der Waals surface area contributed by atoms with Crippen LogP contribution in [0.3, 0.4) is 0 Å². The monoisotopic (exact) mass is 242 g/mol. The molecule has 1 aliphatic rings. The minimum absolute atomic E-state index is 0.799. The fraction of sp³-hybridized carbons (Fsp3) is 0.429. The van der Waals surface area contributed by atoms with Gasteiger partial charge in [-0.05, 0) is 37.9 Å². The third-order valence-corrected chi connectivity index (χ3v) is 3.27. The van der Waals surface area contributed by atoms with E-state index in [1.54, 1.807) is 0 Å². The van der Waals surface area contributed by atoms with E-state index in [0.717, 1.165) is 25.6 Å². The molecule has 0 unspecified atom stereocenters. The van der Waals surface area contributed by atoms with E-state index in [9.17, 15) is 0 Å². The lowest BCUT2D eigenvalue weighted by molar-refractivity contribution is 0.581. The second-order valence-corrected chi connectivity index (χ2v) is 4.79. The van der Waals surface area contributed by atoms with Crippen LogP contribution in [0.1, 0.15) is 19.3 Å². The second kappa shape index (κ2) is 5.31. The molecule has 4 heteroatoms. The van der Waals surface area contributed by atoms with Crippen molar-refractivity contribution in [2.45, 2.75) is 31.8 Å². The summed E-state index contributed by atoms with van der Waals surface area (Å²) in [5, 5.41) is 3.53. The van der Waals surface area contributed by atoms with Crippen LogP contribution in [0.2, 0.25) is 0 Å². The highest BCUT2D eigenvalue weighted by Crippen LogP contribution is 2.19. The first-order valence-electron chi connectivity index (χ1n) is 6.57. The molecule has 4 nitrogen and oxygen atoms in total. The van der Waals surface area contributed by atoms with Gasteiger partial charge in [0.15, 0.2) is 0 Å². The summed E-state index contributed by atoms with van der Waals surface area (Å²) in [6, 6.07) is 4.85. The van der Waals surface area contributed by atoms with Gasteiger partial charge in [0.05, 0.1) is 18.2 Å². The predicted molar refractivity (Wildman–Crippen MR) is 71.1 cm³/mol. The summed E-state index contributed by atoms with van der Waals surface area (Å²) in [5.74, 6) is 0. The number of rotatable bonds is 6. The minimum Gasteiger partial charge on any atom is -0.331 e. The fourth-order valence-corrected chi connectivity index (χ4v) is 2.11. The zero-order valence-corrected chi connectivity index (χ0v) is 10.4. The van der Waals surface area contributed by atoms with Gasteiger partial charge in [0, 0.05) is 30.5 Å². The Labute approximate surface area is 107 Å². The van der Waals surface area contributed by atoms with E-state index in [2.05, 4.69) is 19.9 Å². The molecule has 18 heavy (non-hydrogen) atoms. The molecule has 2 aromatic rings. The largest absolute Gasteiger partial charge is 0.331 e. The average Bonchev–Trinajstić information content (AvgIpc) is 3.12. The van der Waals surface area contributed by atoms with Gasteiger partial charge in [0.1, 0.15) is 0 Å². The number of nitrogens with one attached hydrogen (secondary N) is 1. The molecule has 3 rings (SSSR count). The molecule has 0 atom stereocenters. The molecule has 2 aromatic heterocycles. The number of aromatic nitrogens is 3. The highest BCUT2D eigenvalue weighted by molar-refractivity contribution is 5.57. The number of hydrogen-bond donors (Lipinski definition) is 1. The molecular formula is C14H18N4. The highest BCUT2D eigenvalue weighted by Gasteiger charge is 2.19. The van der Waals surface area contributed by atoms with E-state index in [1.165, 1.54) is 24.1 Å². The fourth-order valence-electron chi connectivity index (χ4n) is 2.11. The summed E-state index contributed by atoms with van der Waals surface area (Å²) >= 11 is 0. The number of pyridine rings is 1. The number of imidazole rings is 1. The first kappa shape index (κ1) is 11.4. The Hall–Kier alpha value is -1.68. The van der Waals surface area contributed by atoms with Gasteiger partial charge in [-0.25, -0.2) is 4.98 Å². The Kier molecular flexibility index (Phi) is 3.37. The Morgan fingerprint density at radius 2 is 2.06 bits per heavy atom. The van der Waals surface area contributed by atoms with Crippen molar-refractivity contribution < 1.29 is 0 Å². The van der Waals surface area contributed by atoms with Crippen LogP contribution in [-0.2, 0) is 6.54 Å². The van der Waals surface area contributed by atoms with Crippen molar-refractivity contribution in [3.8, 4) is 11.3 Å². The molecule has 1 N–H and O–H groups in total. The van der Waals surface area contributed by atoms with E-state index >= 15 is 0 Å². The lowest BCUT2D eigenvalue weighted by atomic mass is 10.2. The zero-order chi connectivity index (χ0) is 12.2. The van der Waals surface area contributed by atoms with Gasteiger partial charge in [0.25, 0.3) is 0 Å². The number of hydrogen-bond acceptors (Lipinski definition) is 3. The van der Waals surface area contributed by atoms with Crippen molar-refractivity contribution in [1.29, 1.82) is 0 Å². The van der Waals surface area contributed by atoms with Crippen molar-refractivity contribution in [1.82, 2.24) is 19.9 Å². The van der Waals surface area contributed by atoms with Crippen molar-refractivity contribution in [3.05, 3.63) is 37.1 Å². The standard InChI is InChI=1S/C14H18N4/c1(6-17-13-2-3-13)9-18-11-16-10-14(18)12-4-7-15-8-5-12/h4-5,7-8,10-11,13,17H,1-3,6,9H2. The Balaban J connectivity index is 1.60. The molecule has 0 saturated heterocycles. The maximum Gasteiger partial charge on any atom is 0.0950 e. The van der Waals surface area contributed by atoms with E-state index in [4.69, 9.17) is 0 Å². The van der Waals surface area contributed by atoms with Crippen LogP contribution >= 0.6 is 0 Å². The SMILES string of the molecule is c1cc(-c2cncn2CCCNC2CC2)ccn1. The van der Waals surface area contributed by atoms with Crippen LogP contribution in [0, 0.1) is 0 Å². The Morgan fingerprint density at radius 1 is 1.22 bits per heavy atom. The molecule has 0 aliphatic heterocycles. The molecule has 1 fully saturated rings. The van der Waals surface area contributed by atoms with Gasteiger partial charge in [-0.2, -0.15) is 0 Å². The van der Waals surface area contributed by atoms with E-state index in [0.29, 0.717) is 0 Å². The molecule has 0 spiro atoms. The summed E-state index contributed by atoms with van der Waals surface area (Å²) in [6.07, 6.45) is 11.3. The lowest BCUT2D eigenvalue weighted by Crippen LogP contribution is -2.18. The predicted octanol–water partition coefficient (Wildman–Crippen LogP) is 2.09. The van der Waals surface area contributed by atoms with Crippen LogP contribution in [0.5, 0.6) is 0 Å². The maximum absolute atomic E-state index is 4.25. The molecule has 0 amide bonds. The molecule has 2 heterocycles. The van der Waals surface area contributed by atoms with Gasteiger partial charge in [-0.1, -0.05) is 0 Å². The van der Waals surface area contributed by atoms with Crippen molar-refractivity contribution in [2.75, 3.05) is 6.54 Å². The van der Waals surface area contributed by atoms with Crippen molar-refractivity contribution >= 4 is 0 Å². The summed E-state index contributed by atoms with van der Waals surface area (Å²) in [6.45, 7) is 2.11. The summed E-state index contributed by atoms with van der Waals surface area (Å²) in [7, 11) is 0. The van der Waals surface area contributed by atoms with Gasteiger partial charge >= 0.3 is 0 Å². The van der Waals surface area contributed by atoms with Crippen molar-refractivity contribution in [3.63, 3.8) is 0 Å². The first-order chi connectivity index (χ1) is 8.93. The number of aryl methyl sites for hydroxylation is 1. The van der Waals surface area contributed by atoms with Gasteiger partial charge in [-0.15, -0.1) is 0 Å². The van der Waals surface area contributed by atoms with Crippen LogP contribution in [-0.4, -0.2) is 27.1 Å². The third kappa shape index (κ3) is 2.76. The smallest absolute Gasteiger partial charge is 0.0950 e. The zero-order valence-electron chi connectivity index (χ0n) is 10.4. The topological polar surface area (TPSA) is 42.7 Å². The molecule has 0 radical (unpaired) electrons. The number of nitrogens with zero attached hydrogens (tertiary/aromatic N) is 3. The molecule has 0 aromatic carbocycles. The second-order valence-electron chi connectivity index (χ2n) is 4.79. The van der Waals surface area contributed by atoms with Gasteiger partial charge in [0.2, 0.25) is 0 Å². The van der Waals surface area contributed by atoms with Crippen molar-refractivity contribution in [2.24, 2.45) is 0 Å². The van der Waals surface area contributed by atoms with E-state index < -0.39 is 0 Å². The Bertz CT molecular complexity index is 488. The quantitative estimate of drug-likeness (QED) is 0.789. The van der Waals surface area contributed by atoms with Crippen LogP contribution in [0.15, 0.2) is 37.1 Å². The average molecular weight is 242 g/mol. The maximum atomic E-state index is 4.25. The van der Waals surface area contributed by atoms with E-state index in [-0.39, 0.29) is 0 Å². The molecule has 1 saturated carbocycles. The summed E-state index contributed by atoms with van der Waals surface area (Å²) in [5.41, 5.74) is 2.35. The van der Waals surface area contributed by atoms with Gasteiger partial charge < -0.3 is 9.88 Å². The third-order valence-electron chi connectivity index (χ3n) is 3.27. The Morgan fingerprint density at radius 3 is 2.83 bits per heavy atom. The normalized spacial score (nSPS) is 14.9. The minimum atomic E-state index is 0.799. The molecule has 0 bridgehead atoms. The summed E-state index contributed by atoms with van der Waals surface area (Å²) in [4.78, 5) is 8.29. The first-order valence-corrected chi connectivity index (χ1v) is 6.57. The summed E-state index contributed by atoms with van der Waals surface area (Å²) < 4.78 is 2.21. The highest BCUT2D eigenvalue weighted by atomic mass is 15.0. The molecular weight excluding hydrogens is 224 g/mol. The molecule has 94 valence electrons. The van der Waals surface area contributed by atoms with Crippen LogP contribution < -0.4 is 5.32 Å². The molecule has 1 aliphatic carbocycles. The van der Waals surface area contributed by atoms with E-state index in [1.807, 2.05) is 37.1 Å². The lowest BCUT2D eigenvalue weighted by Gasteiger charge is -2.08. The van der Waals surface area contributed by atoms with Crippen LogP contribution in [0.25, 0.3) is 11.3 Å². The van der Waals surface area contributed by atoms with Crippen LogP contribution in [0.4, 0.5) is 0 Å². The van der Waals surface area contributed by atoms with Gasteiger partial charge in [-0.3, -0.25) is 4.98 Å².